The van der Waals surface area contributed by atoms with Crippen molar-refractivity contribution in [2.24, 2.45) is 7.05 Å². The van der Waals surface area contributed by atoms with E-state index in [1.54, 1.807) is 6.20 Å². The third kappa shape index (κ3) is 6.22. The van der Waals surface area contributed by atoms with E-state index in [1.807, 2.05) is 92.3 Å². The van der Waals surface area contributed by atoms with Crippen molar-refractivity contribution in [1.29, 1.82) is 0 Å². The molecule has 1 amide bonds. The van der Waals surface area contributed by atoms with Crippen LogP contribution in [-0.4, -0.2) is 26.1 Å². The van der Waals surface area contributed by atoms with Crippen molar-refractivity contribution in [2.45, 2.75) is 58.0 Å². The van der Waals surface area contributed by atoms with E-state index in [9.17, 15) is 19.5 Å². The lowest BCUT2D eigenvalue weighted by molar-refractivity contribution is -0.137. The molecule has 0 radical (unpaired) electrons. The van der Waals surface area contributed by atoms with Crippen LogP contribution in [-0.2, 0) is 23.1 Å². The lowest BCUT2D eigenvalue weighted by Gasteiger charge is -2.25. The molecular formula is C31H35N3O4. The van der Waals surface area contributed by atoms with E-state index in [0.717, 1.165) is 34.9 Å². The van der Waals surface area contributed by atoms with Crippen molar-refractivity contribution in [1.82, 2.24) is 14.5 Å². The van der Waals surface area contributed by atoms with Gasteiger partial charge in [0, 0.05) is 36.9 Å². The number of rotatable bonds is 11. The quantitative estimate of drug-likeness (QED) is 0.285. The number of aromatic nitrogens is 2. The first-order valence-electron chi connectivity index (χ1n) is 13.1. The number of carboxylic acid groups (broad SMARTS) is 1. The number of aryl methyl sites for hydroxylation is 2. The number of unbranched alkanes of at least 4 members (excludes halogenated alkanes) is 1. The molecule has 0 saturated heterocycles. The fourth-order valence-corrected chi connectivity index (χ4v) is 4.98. The van der Waals surface area contributed by atoms with Crippen LogP contribution in [0.15, 0.2) is 77.9 Å². The van der Waals surface area contributed by atoms with E-state index in [2.05, 4.69) is 5.32 Å². The van der Waals surface area contributed by atoms with E-state index in [0.29, 0.717) is 24.0 Å². The Morgan fingerprint density at radius 1 is 1.05 bits per heavy atom. The molecule has 2 atom stereocenters. The van der Waals surface area contributed by atoms with Crippen molar-refractivity contribution < 1.29 is 14.7 Å². The van der Waals surface area contributed by atoms with Crippen LogP contribution in [0.1, 0.15) is 66.9 Å². The summed E-state index contributed by atoms with van der Waals surface area (Å²) in [5.41, 5.74) is 4.01. The van der Waals surface area contributed by atoms with Gasteiger partial charge >= 0.3 is 5.97 Å². The Balaban J connectivity index is 1.68. The number of fused-ring (bicyclic) bond motifs is 1. The normalized spacial score (nSPS) is 12.8. The Hall–Kier alpha value is -4.13. The van der Waals surface area contributed by atoms with Crippen molar-refractivity contribution in [3.05, 3.63) is 106 Å². The lowest BCUT2D eigenvalue weighted by Crippen LogP contribution is -2.40. The van der Waals surface area contributed by atoms with Gasteiger partial charge in [-0.3, -0.25) is 14.4 Å². The summed E-state index contributed by atoms with van der Waals surface area (Å²) in [6, 6.07) is 17.9. The number of pyridine rings is 1. The minimum atomic E-state index is -1.01. The molecule has 0 aliphatic heterocycles. The Morgan fingerprint density at radius 2 is 1.82 bits per heavy atom. The maximum atomic E-state index is 13.8. The summed E-state index contributed by atoms with van der Waals surface area (Å²) in [6.45, 7) is 3.96. The summed E-state index contributed by atoms with van der Waals surface area (Å²) in [4.78, 5) is 39.1. The number of amides is 1. The maximum Gasteiger partial charge on any atom is 0.305 e. The molecule has 0 spiro atoms. The molecule has 1 unspecified atom stereocenters. The molecule has 0 saturated carbocycles. The van der Waals surface area contributed by atoms with Crippen LogP contribution in [0.4, 0.5) is 0 Å². The largest absolute Gasteiger partial charge is 0.481 e. The first-order valence-corrected chi connectivity index (χ1v) is 13.1. The van der Waals surface area contributed by atoms with Gasteiger partial charge in [-0.05, 0) is 53.6 Å². The summed E-state index contributed by atoms with van der Waals surface area (Å²) < 4.78 is 3.50. The van der Waals surface area contributed by atoms with Crippen LogP contribution in [0.25, 0.3) is 10.9 Å². The van der Waals surface area contributed by atoms with Gasteiger partial charge in [0.2, 0.25) is 5.91 Å². The molecule has 7 heteroatoms. The Kier molecular flexibility index (Phi) is 8.46. The van der Waals surface area contributed by atoms with Gasteiger partial charge in [0.05, 0.1) is 12.5 Å². The molecule has 0 bridgehead atoms. The van der Waals surface area contributed by atoms with Crippen molar-refractivity contribution in [3.63, 3.8) is 0 Å². The number of nitrogens with one attached hydrogen (secondary N) is 1. The smallest absolute Gasteiger partial charge is 0.305 e. The second kappa shape index (κ2) is 11.9. The minimum Gasteiger partial charge on any atom is -0.481 e. The highest BCUT2D eigenvalue weighted by atomic mass is 16.4. The number of carbonyl (C=O) groups is 2. The third-order valence-corrected chi connectivity index (χ3v) is 6.97. The lowest BCUT2D eigenvalue weighted by atomic mass is 10.0. The fourth-order valence-electron chi connectivity index (χ4n) is 4.98. The average Bonchev–Trinajstić information content (AvgIpc) is 3.26. The number of hydrogen-bond donors (Lipinski definition) is 2. The summed E-state index contributed by atoms with van der Waals surface area (Å²) in [7, 11) is 1.93. The van der Waals surface area contributed by atoms with E-state index >= 15 is 0 Å². The second-order valence-electron chi connectivity index (χ2n) is 9.98. The number of benzene rings is 2. The summed E-state index contributed by atoms with van der Waals surface area (Å²) in [5.74, 6) is -1.36. The fraction of sp³-hybridized carbons (Fsp3) is 0.323. The Labute approximate surface area is 222 Å². The van der Waals surface area contributed by atoms with Crippen LogP contribution in [0.5, 0.6) is 0 Å². The molecule has 2 aromatic heterocycles. The molecule has 4 aromatic rings. The monoisotopic (exact) mass is 513 g/mol. The molecule has 0 fully saturated rings. The predicted octanol–water partition coefficient (Wildman–Crippen LogP) is 5.30. The molecule has 7 nitrogen and oxygen atoms in total. The number of aliphatic carboxylic acids is 1. The predicted molar refractivity (Wildman–Crippen MR) is 149 cm³/mol. The SMILES string of the molecule is CCCCC(C(=O)N[C@@H](CC(=O)O)c1ccc2ccn(C)c2c1)n1cc(C)cc(Cc2ccccc2)c1=O. The number of carbonyl (C=O) groups excluding carboxylic acids is 1. The summed E-state index contributed by atoms with van der Waals surface area (Å²) in [5, 5.41) is 13.6. The number of carboxylic acids is 1. The average molecular weight is 514 g/mol. The van der Waals surface area contributed by atoms with Crippen molar-refractivity contribution in [2.75, 3.05) is 0 Å². The first-order chi connectivity index (χ1) is 18.3. The maximum absolute atomic E-state index is 13.8. The standard InChI is InChI=1S/C31H35N3O4/c1-4-5-11-27(34-20-21(2)16-25(31(34)38)17-22-9-7-6-8-10-22)30(37)32-26(19-29(35)36)24-13-12-23-14-15-33(3)28(23)18-24/h6-10,12-16,18,20,26-27H,4-5,11,17,19H2,1-3H3,(H,32,37)(H,35,36)/t26-,27?/m0/s1. The van der Waals surface area contributed by atoms with Gasteiger partial charge in [0.1, 0.15) is 6.04 Å². The van der Waals surface area contributed by atoms with Gasteiger partial charge < -0.3 is 19.6 Å². The number of nitrogens with zero attached hydrogens (tertiary/aromatic N) is 2. The highest BCUT2D eigenvalue weighted by molar-refractivity contribution is 5.83. The van der Waals surface area contributed by atoms with Crippen LogP contribution < -0.4 is 10.9 Å². The highest BCUT2D eigenvalue weighted by Gasteiger charge is 2.27. The van der Waals surface area contributed by atoms with E-state index in [-0.39, 0.29) is 17.9 Å². The third-order valence-electron chi connectivity index (χ3n) is 6.97. The molecule has 38 heavy (non-hydrogen) atoms. The van der Waals surface area contributed by atoms with Gasteiger partial charge in [-0.1, -0.05) is 62.2 Å². The zero-order valence-electron chi connectivity index (χ0n) is 22.2. The zero-order valence-corrected chi connectivity index (χ0v) is 22.2. The molecule has 2 aromatic carbocycles. The Morgan fingerprint density at radius 3 is 2.53 bits per heavy atom. The van der Waals surface area contributed by atoms with Crippen molar-refractivity contribution >= 4 is 22.8 Å². The van der Waals surface area contributed by atoms with E-state index < -0.39 is 18.1 Å². The molecule has 198 valence electrons. The highest BCUT2D eigenvalue weighted by Crippen LogP contribution is 2.25. The molecule has 2 heterocycles. The van der Waals surface area contributed by atoms with Gasteiger partial charge in [-0.15, -0.1) is 0 Å². The van der Waals surface area contributed by atoms with Crippen LogP contribution >= 0.6 is 0 Å². The summed E-state index contributed by atoms with van der Waals surface area (Å²) >= 11 is 0. The number of hydrogen-bond acceptors (Lipinski definition) is 3. The van der Waals surface area contributed by atoms with Crippen LogP contribution in [0.2, 0.25) is 0 Å². The van der Waals surface area contributed by atoms with Crippen molar-refractivity contribution in [3.8, 4) is 0 Å². The van der Waals surface area contributed by atoms with Gasteiger partial charge in [0.25, 0.3) is 5.56 Å². The molecule has 0 aliphatic rings. The molecular weight excluding hydrogens is 478 g/mol. The summed E-state index contributed by atoms with van der Waals surface area (Å²) in [6.07, 6.45) is 5.99. The molecule has 0 aliphatic carbocycles. The second-order valence-corrected chi connectivity index (χ2v) is 9.98. The van der Waals surface area contributed by atoms with Crippen LogP contribution in [0.3, 0.4) is 0 Å². The van der Waals surface area contributed by atoms with Gasteiger partial charge in [0.15, 0.2) is 0 Å². The Bertz CT molecular complexity index is 1490. The molecule has 2 N–H and O–H groups in total. The van der Waals surface area contributed by atoms with E-state index in [4.69, 9.17) is 0 Å². The van der Waals surface area contributed by atoms with Gasteiger partial charge in [-0.2, -0.15) is 0 Å². The topological polar surface area (TPSA) is 93.3 Å². The van der Waals surface area contributed by atoms with Gasteiger partial charge in [-0.25, -0.2) is 0 Å². The minimum absolute atomic E-state index is 0.198. The van der Waals surface area contributed by atoms with E-state index in [1.165, 1.54) is 4.57 Å². The molecule has 4 rings (SSSR count). The van der Waals surface area contributed by atoms with Crippen LogP contribution in [0, 0.1) is 6.92 Å². The first kappa shape index (κ1) is 26.9. The zero-order chi connectivity index (χ0) is 27.2.